The second-order valence-electron chi connectivity index (χ2n) is 17.4. The molecule has 0 heterocycles. The molecule has 19 nitrogen and oxygen atoms in total. The van der Waals surface area contributed by atoms with E-state index < -0.39 is 77.8 Å². The first-order chi connectivity index (χ1) is 27.1. The van der Waals surface area contributed by atoms with Gasteiger partial charge in [-0.25, -0.2) is 24.0 Å². The molecule has 0 saturated carbocycles. The summed E-state index contributed by atoms with van der Waals surface area (Å²) in [6.45, 7) is 18.5. The van der Waals surface area contributed by atoms with Crippen molar-refractivity contribution in [2.75, 3.05) is 65.4 Å². The van der Waals surface area contributed by atoms with Crippen LogP contribution in [0.1, 0.15) is 88.6 Å². The fourth-order valence-corrected chi connectivity index (χ4v) is 4.67. The fraction of sp³-hybridized carbons (Fsp3) is 0.675. The number of benzene rings is 1. The molecule has 0 unspecified atom stereocenters. The van der Waals surface area contributed by atoms with Crippen LogP contribution in [0.2, 0.25) is 0 Å². The van der Waals surface area contributed by atoms with Crippen LogP contribution in [0.3, 0.4) is 0 Å². The third-order valence-electron chi connectivity index (χ3n) is 7.02. The highest BCUT2D eigenvalue weighted by atomic mass is 16.6. The molecule has 0 aliphatic carbocycles. The van der Waals surface area contributed by atoms with E-state index in [1.54, 1.807) is 113 Å². The third-order valence-corrected chi connectivity index (χ3v) is 7.02. The van der Waals surface area contributed by atoms with Crippen molar-refractivity contribution in [3.8, 4) is 0 Å². The zero-order valence-electron chi connectivity index (χ0n) is 36.9. The molecule has 1 aromatic carbocycles. The molecule has 1 aromatic rings. The molecule has 19 heteroatoms. The van der Waals surface area contributed by atoms with E-state index in [9.17, 15) is 33.6 Å². The lowest BCUT2D eigenvalue weighted by molar-refractivity contribution is -0.135. The summed E-state index contributed by atoms with van der Waals surface area (Å²) in [6, 6.07) is 8.79. The van der Waals surface area contributed by atoms with Gasteiger partial charge in [0.25, 0.3) is 0 Å². The van der Waals surface area contributed by atoms with E-state index in [1.165, 1.54) is 9.80 Å². The highest BCUT2D eigenvalue weighted by Crippen LogP contribution is 2.10. The number of ether oxygens (including phenoxy) is 5. The first-order valence-corrected chi connectivity index (χ1v) is 19.5. The van der Waals surface area contributed by atoms with Gasteiger partial charge in [-0.05, 0) is 88.6 Å². The molecule has 0 aromatic heterocycles. The van der Waals surface area contributed by atoms with Crippen LogP contribution in [-0.4, -0.2) is 145 Å². The average molecular weight is 838 g/mol. The maximum Gasteiger partial charge on any atom is 0.411 e. The summed E-state index contributed by atoms with van der Waals surface area (Å²) < 4.78 is 26.7. The van der Waals surface area contributed by atoms with Crippen LogP contribution >= 0.6 is 0 Å². The molecule has 59 heavy (non-hydrogen) atoms. The maximum atomic E-state index is 14.0. The average Bonchev–Trinajstić information content (AvgIpc) is 3.06. The zero-order chi connectivity index (χ0) is 45.0. The van der Waals surface area contributed by atoms with E-state index in [0.717, 1.165) is 4.90 Å². The third kappa shape index (κ3) is 26.2. The van der Waals surface area contributed by atoms with Gasteiger partial charge in [-0.1, -0.05) is 30.3 Å². The number of hydrogen-bond acceptors (Lipinski definition) is 12. The number of nitrogens with zero attached hydrogens (tertiary/aromatic N) is 3. The highest BCUT2D eigenvalue weighted by molar-refractivity contribution is 5.87. The second-order valence-corrected chi connectivity index (χ2v) is 17.4. The largest absolute Gasteiger partial charge is 0.445 e. The van der Waals surface area contributed by atoms with E-state index in [2.05, 4.69) is 21.3 Å². The van der Waals surface area contributed by atoms with Crippen LogP contribution in [-0.2, 0) is 39.9 Å². The molecule has 4 N–H and O–H groups in total. The van der Waals surface area contributed by atoms with Gasteiger partial charge < -0.3 is 54.8 Å². The van der Waals surface area contributed by atoms with E-state index in [0.29, 0.717) is 5.56 Å². The lowest BCUT2D eigenvalue weighted by Gasteiger charge is -2.30. The summed E-state index contributed by atoms with van der Waals surface area (Å²) in [5, 5.41) is 10.3. The first-order valence-electron chi connectivity index (χ1n) is 19.5. The van der Waals surface area contributed by atoms with E-state index in [-0.39, 0.29) is 59.0 Å². The SMILES string of the molecule is CC(C)(C)OC(=O)NCCN(CCNC(=O)OC(C)(C)C)C(=O)CN(CC(=O)N(CCNC(=O)OC(C)(C)C)CCNC(=O)OC(C)(C)C)C(=O)OCc1ccccc1. The minimum atomic E-state index is -0.979. The van der Waals surface area contributed by atoms with Gasteiger partial charge in [0.1, 0.15) is 42.1 Å². The van der Waals surface area contributed by atoms with Crippen molar-refractivity contribution in [2.45, 2.75) is 112 Å². The van der Waals surface area contributed by atoms with Crippen molar-refractivity contribution < 1.29 is 57.2 Å². The van der Waals surface area contributed by atoms with Gasteiger partial charge in [0.2, 0.25) is 11.8 Å². The number of alkyl carbamates (subject to hydrolysis) is 4. The number of rotatable bonds is 18. The second kappa shape index (κ2) is 23.8. The smallest absolute Gasteiger partial charge is 0.411 e. The van der Waals surface area contributed by atoms with Crippen LogP contribution in [0.15, 0.2) is 30.3 Å². The Morgan fingerprint density at radius 2 is 0.746 bits per heavy atom. The lowest BCUT2D eigenvalue weighted by atomic mass is 10.2. The maximum absolute atomic E-state index is 14.0. The number of hydrogen-bond donors (Lipinski definition) is 4. The highest BCUT2D eigenvalue weighted by Gasteiger charge is 2.28. The molecular weight excluding hydrogens is 770 g/mol. The van der Waals surface area contributed by atoms with Crippen LogP contribution < -0.4 is 21.3 Å². The van der Waals surface area contributed by atoms with Gasteiger partial charge in [0.15, 0.2) is 0 Å². The molecule has 0 aliphatic rings. The Morgan fingerprint density at radius 3 is 1.02 bits per heavy atom. The normalized spacial score (nSPS) is 11.6. The van der Waals surface area contributed by atoms with Crippen molar-refractivity contribution in [1.82, 2.24) is 36.0 Å². The van der Waals surface area contributed by atoms with Crippen molar-refractivity contribution in [1.29, 1.82) is 0 Å². The van der Waals surface area contributed by atoms with Crippen LogP contribution in [0.25, 0.3) is 0 Å². The van der Waals surface area contributed by atoms with Gasteiger partial charge in [0, 0.05) is 52.4 Å². The number of nitrogens with one attached hydrogen (secondary N) is 4. The predicted octanol–water partition coefficient (Wildman–Crippen LogP) is 4.38. The number of carbonyl (C=O) groups is 7. The van der Waals surface area contributed by atoms with Gasteiger partial charge >= 0.3 is 30.5 Å². The Morgan fingerprint density at radius 1 is 0.458 bits per heavy atom. The van der Waals surface area contributed by atoms with Crippen LogP contribution in [0.4, 0.5) is 24.0 Å². The Hall–Kier alpha value is -5.49. The van der Waals surface area contributed by atoms with Gasteiger partial charge in [-0.2, -0.15) is 0 Å². The Bertz CT molecular complexity index is 1380. The quantitative estimate of drug-likeness (QED) is 0.151. The summed E-state index contributed by atoms with van der Waals surface area (Å²) in [6.07, 6.45) is -3.83. The Labute approximate surface area is 348 Å². The van der Waals surface area contributed by atoms with Gasteiger partial charge in [-0.15, -0.1) is 0 Å². The van der Waals surface area contributed by atoms with Crippen molar-refractivity contribution in [3.63, 3.8) is 0 Å². The molecule has 0 spiro atoms. The first kappa shape index (κ1) is 51.5. The molecular formula is C40H67N7O12. The Balaban J connectivity index is 3.34. The molecule has 0 bridgehead atoms. The predicted molar refractivity (Wildman–Crippen MR) is 218 cm³/mol. The monoisotopic (exact) mass is 837 g/mol. The minimum Gasteiger partial charge on any atom is -0.445 e. The van der Waals surface area contributed by atoms with Crippen molar-refractivity contribution >= 4 is 42.3 Å². The minimum absolute atomic E-state index is 0.0481. The number of amides is 7. The van der Waals surface area contributed by atoms with Crippen LogP contribution in [0, 0.1) is 0 Å². The van der Waals surface area contributed by atoms with Crippen molar-refractivity contribution in [2.24, 2.45) is 0 Å². The summed E-state index contributed by atoms with van der Waals surface area (Å²) in [5.41, 5.74) is -2.42. The summed E-state index contributed by atoms with van der Waals surface area (Å²) in [5.74, 6) is -1.28. The van der Waals surface area contributed by atoms with Gasteiger partial charge in [0.05, 0.1) is 0 Å². The Kier molecular flexibility index (Phi) is 20.8. The molecule has 0 radical (unpaired) electrons. The van der Waals surface area contributed by atoms with E-state index >= 15 is 0 Å². The van der Waals surface area contributed by atoms with Gasteiger partial charge in [-0.3, -0.25) is 14.5 Å². The molecule has 334 valence electrons. The summed E-state index contributed by atoms with van der Waals surface area (Å²) >= 11 is 0. The zero-order valence-corrected chi connectivity index (χ0v) is 36.9. The fourth-order valence-electron chi connectivity index (χ4n) is 4.67. The molecule has 1 rings (SSSR count). The van der Waals surface area contributed by atoms with E-state index in [1.807, 2.05) is 0 Å². The van der Waals surface area contributed by atoms with Crippen molar-refractivity contribution in [3.05, 3.63) is 35.9 Å². The molecule has 0 saturated heterocycles. The summed E-state index contributed by atoms with van der Waals surface area (Å²) in [4.78, 5) is 94.5. The molecule has 7 amide bonds. The van der Waals surface area contributed by atoms with Crippen LogP contribution in [0.5, 0.6) is 0 Å². The molecule has 0 atom stereocenters. The molecule has 0 aliphatic heterocycles. The number of carbonyl (C=O) groups excluding carboxylic acids is 7. The standard InChI is InChI=1S/C40H67N7O12/c1-37(2,3)56-32(50)41-18-22-45(23-19-42-33(51)57-38(4,5)6)30(48)26-47(36(54)55-28-29-16-14-13-15-17-29)27-31(49)46(24-20-43-34(52)58-39(7,8)9)25-21-44-35(53)59-40(10,11)12/h13-17H,18-28H2,1-12H3,(H,41,50)(H,42,51)(H,43,52)(H,44,53). The lowest BCUT2D eigenvalue weighted by Crippen LogP contribution is -2.51. The topological polar surface area (TPSA) is 223 Å². The molecule has 0 fully saturated rings. The van der Waals surface area contributed by atoms with E-state index in [4.69, 9.17) is 23.7 Å². The summed E-state index contributed by atoms with van der Waals surface area (Å²) in [7, 11) is 0.